The van der Waals surface area contributed by atoms with Gasteiger partial charge in [-0.05, 0) is 43.3 Å². The average Bonchev–Trinajstić information content (AvgIpc) is 3.41. The van der Waals surface area contributed by atoms with E-state index in [0.717, 1.165) is 11.4 Å². The fourth-order valence-electron chi connectivity index (χ4n) is 2.76. The van der Waals surface area contributed by atoms with Gasteiger partial charge in [-0.25, -0.2) is 4.68 Å². The van der Waals surface area contributed by atoms with E-state index in [0.29, 0.717) is 17.2 Å². The van der Waals surface area contributed by atoms with Crippen LogP contribution in [0.25, 0.3) is 5.69 Å². The first-order valence-electron chi connectivity index (χ1n) is 9.02. The lowest BCUT2D eigenvalue weighted by atomic mass is 10.3. The maximum absolute atomic E-state index is 12.4. The van der Waals surface area contributed by atoms with Crippen LogP contribution in [0.4, 0.5) is 0 Å². The van der Waals surface area contributed by atoms with Crippen LogP contribution in [0.3, 0.4) is 0 Å². The van der Waals surface area contributed by atoms with Crippen molar-refractivity contribution >= 4 is 5.91 Å². The largest absolute Gasteiger partial charge is 0.497 e. The number of benzene rings is 2. The Bertz CT molecular complexity index is 1000. The summed E-state index contributed by atoms with van der Waals surface area (Å²) in [6.07, 6.45) is 1.57. The minimum absolute atomic E-state index is 0.211. The minimum Gasteiger partial charge on any atom is -0.497 e. The highest BCUT2D eigenvalue weighted by atomic mass is 16.7. The van der Waals surface area contributed by atoms with Crippen molar-refractivity contribution in [2.75, 3.05) is 20.5 Å². The van der Waals surface area contributed by atoms with Crippen LogP contribution < -0.4 is 24.3 Å². The predicted molar refractivity (Wildman–Crippen MR) is 103 cm³/mol. The number of carbonyl (C=O) groups excluding carboxylic acids is 1. The van der Waals surface area contributed by atoms with E-state index in [1.54, 1.807) is 31.5 Å². The number of hydrogen-bond donors (Lipinski definition) is 1. The molecule has 9 nitrogen and oxygen atoms in total. The van der Waals surface area contributed by atoms with Crippen LogP contribution in [-0.4, -0.2) is 47.5 Å². The molecule has 9 heteroatoms. The van der Waals surface area contributed by atoms with E-state index >= 15 is 0 Å². The quantitative estimate of drug-likeness (QED) is 0.654. The molecule has 0 saturated carbocycles. The molecule has 0 saturated heterocycles. The average molecular weight is 396 g/mol. The van der Waals surface area contributed by atoms with Gasteiger partial charge in [-0.2, -0.15) is 0 Å². The maximum atomic E-state index is 12.4. The third-order valence-electron chi connectivity index (χ3n) is 4.28. The van der Waals surface area contributed by atoms with Gasteiger partial charge in [0.25, 0.3) is 5.91 Å². The second kappa shape index (κ2) is 8.09. The summed E-state index contributed by atoms with van der Waals surface area (Å²) in [5.74, 6) is 2.39. The first-order valence-corrected chi connectivity index (χ1v) is 9.02. The molecule has 4 rings (SSSR count). The number of fused-ring (bicyclic) bond motifs is 1. The zero-order valence-electron chi connectivity index (χ0n) is 16.0. The normalized spacial score (nSPS) is 13.0. The molecule has 1 aromatic heterocycles. The van der Waals surface area contributed by atoms with Gasteiger partial charge >= 0.3 is 0 Å². The molecule has 1 N–H and O–H groups in total. The fraction of sp³-hybridized carbons (Fsp3) is 0.250. The van der Waals surface area contributed by atoms with Gasteiger partial charge in [-0.15, -0.1) is 5.10 Å². The fourth-order valence-corrected chi connectivity index (χ4v) is 2.76. The van der Waals surface area contributed by atoms with Crippen LogP contribution in [0, 0.1) is 0 Å². The SMILES string of the molecule is COc1ccc(-n2cc(C(=O)N[C@@H](C)COc3ccc4c(c3)OCO4)nn2)cc1. The van der Waals surface area contributed by atoms with Crippen LogP contribution in [0.15, 0.2) is 48.7 Å². The lowest BCUT2D eigenvalue weighted by Gasteiger charge is -2.14. The molecular formula is C20H20N4O5. The van der Waals surface area contributed by atoms with Gasteiger partial charge in [0.05, 0.1) is 25.0 Å². The van der Waals surface area contributed by atoms with Gasteiger partial charge in [-0.3, -0.25) is 4.79 Å². The smallest absolute Gasteiger partial charge is 0.273 e. The maximum Gasteiger partial charge on any atom is 0.273 e. The summed E-state index contributed by atoms with van der Waals surface area (Å²) in [6.45, 7) is 2.35. The lowest BCUT2D eigenvalue weighted by molar-refractivity contribution is 0.0921. The van der Waals surface area contributed by atoms with Crippen molar-refractivity contribution in [2.24, 2.45) is 0 Å². The number of nitrogens with one attached hydrogen (secondary N) is 1. The molecule has 1 atom stereocenters. The third kappa shape index (κ3) is 4.23. The van der Waals surface area contributed by atoms with Crippen molar-refractivity contribution in [3.05, 3.63) is 54.4 Å². The highest BCUT2D eigenvalue weighted by molar-refractivity contribution is 5.92. The van der Waals surface area contributed by atoms with Gasteiger partial charge in [0, 0.05) is 6.07 Å². The van der Waals surface area contributed by atoms with Crippen molar-refractivity contribution in [1.82, 2.24) is 20.3 Å². The van der Waals surface area contributed by atoms with Gasteiger partial charge in [0.1, 0.15) is 18.1 Å². The highest BCUT2D eigenvalue weighted by Crippen LogP contribution is 2.35. The molecule has 1 amide bonds. The third-order valence-corrected chi connectivity index (χ3v) is 4.28. The second-order valence-electron chi connectivity index (χ2n) is 6.45. The van der Waals surface area contributed by atoms with Gasteiger partial charge in [0.15, 0.2) is 17.2 Å². The van der Waals surface area contributed by atoms with Crippen LogP contribution in [0.1, 0.15) is 17.4 Å². The molecule has 1 aliphatic rings. The topological polar surface area (TPSA) is 96.7 Å². The first kappa shape index (κ1) is 18.6. The molecule has 0 bridgehead atoms. The van der Waals surface area contributed by atoms with Crippen molar-refractivity contribution < 1.29 is 23.7 Å². The van der Waals surface area contributed by atoms with E-state index in [1.807, 2.05) is 31.2 Å². The summed E-state index contributed by atoms with van der Waals surface area (Å²) in [5.41, 5.74) is 0.993. The zero-order valence-corrected chi connectivity index (χ0v) is 16.0. The number of hydrogen-bond acceptors (Lipinski definition) is 7. The Hall–Kier alpha value is -3.75. The van der Waals surface area contributed by atoms with E-state index in [4.69, 9.17) is 18.9 Å². The Morgan fingerprint density at radius 2 is 1.93 bits per heavy atom. The Labute approximate surface area is 167 Å². The molecule has 0 radical (unpaired) electrons. The first-order chi connectivity index (χ1) is 14.1. The van der Waals surface area contributed by atoms with Crippen LogP contribution >= 0.6 is 0 Å². The highest BCUT2D eigenvalue weighted by Gasteiger charge is 2.16. The van der Waals surface area contributed by atoms with Crippen molar-refractivity contribution in [1.29, 1.82) is 0 Å². The Morgan fingerprint density at radius 3 is 2.72 bits per heavy atom. The standard InChI is InChI=1S/C20H20N4O5/c1-13(11-27-16-7-8-18-19(9-16)29-12-28-18)21-20(25)17-10-24(23-22-17)14-3-5-15(26-2)6-4-14/h3-10,13H,11-12H2,1-2H3,(H,21,25)/t13-/m0/s1. The number of nitrogens with zero attached hydrogens (tertiary/aromatic N) is 3. The number of amides is 1. The molecule has 150 valence electrons. The molecule has 3 aromatic rings. The Balaban J connectivity index is 1.32. The molecule has 29 heavy (non-hydrogen) atoms. The molecule has 0 aliphatic carbocycles. The molecule has 1 aliphatic heterocycles. The number of rotatable bonds is 7. The molecule has 2 heterocycles. The van der Waals surface area contributed by atoms with Gasteiger partial charge in [-0.1, -0.05) is 5.21 Å². The molecule has 0 unspecified atom stereocenters. The Kier molecular flexibility index (Phi) is 5.19. The number of ether oxygens (including phenoxy) is 4. The summed E-state index contributed by atoms with van der Waals surface area (Å²) in [4.78, 5) is 12.4. The van der Waals surface area contributed by atoms with Crippen molar-refractivity contribution in [3.8, 4) is 28.7 Å². The Morgan fingerprint density at radius 1 is 1.17 bits per heavy atom. The molecule has 0 fully saturated rings. The van der Waals surface area contributed by atoms with E-state index in [1.165, 1.54) is 4.68 Å². The monoisotopic (exact) mass is 396 g/mol. The van der Waals surface area contributed by atoms with Gasteiger partial charge in [0.2, 0.25) is 6.79 Å². The van der Waals surface area contributed by atoms with Crippen LogP contribution in [-0.2, 0) is 0 Å². The van der Waals surface area contributed by atoms with E-state index in [9.17, 15) is 4.79 Å². The second-order valence-corrected chi connectivity index (χ2v) is 6.45. The number of carbonyl (C=O) groups is 1. The van der Waals surface area contributed by atoms with E-state index in [2.05, 4.69) is 15.6 Å². The summed E-state index contributed by atoms with van der Waals surface area (Å²) in [6, 6.07) is 12.4. The van der Waals surface area contributed by atoms with Crippen molar-refractivity contribution in [3.63, 3.8) is 0 Å². The molecule has 2 aromatic carbocycles. The summed E-state index contributed by atoms with van der Waals surface area (Å²) < 4.78 is 23.0. The predicted octanol–water partition coefficient (Wildman–Crippen LogP) is 2.20. The minimum atomic E-state index is -0.327. The van der Waals surface area contributed by atoms with Gasteiger partial charge < -0.3 is 24.3 Å². The zero-order chi connectivity index (χ0) is 20.2. The summed E-state index contributed by atoms with van der Waals surface area (Å²) in [5, 5.41) is 10.8. The van der Waals surface area contributed by atoms with Crippen molar-refractivity contribution in [2.45, 2.75) is 13.0 Å². The summed E-state index contributed by atoms with van der Waals surface area (Å²) >= 11 is 0. The lowest BCUT2D eigenvalue weighted by Crippen LogP contribution is -2.37. The summed E-state index contributed by atoms with van der Waals surface area (Å²) in [7, 11) is 1.60. The molecular weight excluding hydrogens is 376 g/mol. The van der Waals surface area contributed by atoms with Crippen LogP contribution in [0.2, 0.25) is 0 Å². The van der Waals surface area contributed by atoms with E-state index in [-0.39, 0.29) is 31.0 Å². The van der Waals surface area contributed by atoms with Crippen LogP contribution in [0.5, 0.6) is 23.0 Å². The number of methoxy groups -OCH3 is 1. The number of aromatic nitrogens is 3. The molecule has 0 spiro atoms. The van der Waals surface area contributed by atoms with E-state index < -0.39 is 0 Å².